The lowest BCUT2D eigenvalue weighted by Gasteiger charge is -2.16. The smallest absolute Gasteiger partial charge is 0.325 e. The summed E-state index contributed by atoms with van der Waals surface area (Å²) in [6.07, 6.45) is -1.62. The maximum absolute atomic E-state index is 13.6. The molecule has 0 unspecified atom stereocenters. The summed E-state index contributed by atoms with van der Waals surface area (Å²) in [5, 5.41) is 8.23. The summed E-state index contributed by atoms with van der Waals surface area (Å²) in [6.45, 7) is 0. The number of carbonyl (C=O) groups excluding carboxylic acids is 1. The van der Waals surface area contributed by atoms with Crippen LogP contribution in [-0.2, 0) is 17.4 Å². The van der Waals surface area contributed by atoms with Gasteiger partial charge in [-0.15, -0.1) is 0 Å². The lowest BCUT2D eigenvalue weighted by molar-refractivity contribution is -0.137. The van der Waals surface area contributed by atoms with Crippen molar-refractivity contribution < 1.29 is 18.0 Å². The number of carbonyl (C=O) groups is 1. The molecule has 4 nitrogen and oxygen atoms in total. The van der Waals surface area contributed by atoms with Gasteiger partial charge in [-0.3, -0.25) is 4.79 Å². The van der Waals surface area contributed by atoms with Gasteiger partial charge in [0.2, 0.25) is 5.91 Å². The number of anilines is 1. The Morgan fingerprint density at radius 2 is 1.79 bits per heavy atom. The number of benzene rings is 3. The largest absolute Gasteiger partial charge is 0.418 e. The van der Waals surface area contributed by atoms with E-state index < -0.39 is 17.6 Å². The van der Waals surface area contributed by atoms with Gasteiger partial charge in [-0.25, -0.2) is 4.68 Å². The Labute approximate surface area is 164 Å². The molecule has 0 atom stereocenters. The van der Waals surface area contributed by atoms with Crippen molar-refractivity contribution in [2.24, 2.45) is 0 Å². The molecule has 146 valence electrons. The molecule has 0 spiro atoms. The quantitative estimate of drug-likeness (QED) is 0.515. The number of nitrogens with one attached hydrogen (secondary N) is 1. The van der Waals surface area contributed by atoms with Crippen molar-refractivity contribution in [3.63, 3.8) is 0 Å². The molecule has 0 bridgehead atoms. The molecule has 1 N–H and O–H groups in total. The van der Waals surface area contributed by atoms with Crippen molar-refractivity contribution in [2.45, 2.75) is 12.6 Å². The van der Waals surface area contributed by atoms with E-state index in [9.17, 15) is 18.0 Å². The van der Waals surface area contributed by atoms with Gasteiger partial charge in [0.1, 0.15) is 0 Å². The third kappa shape index (κ3) is 3.99. The topological polar surface area (TPSA) is 46.9 Å². The molecule has 0 saturated carbocycles. The zero-order valence-electron chi connectivity index (χ0n) is 15.1. The zero-order valence-corrected chi connectivity index (χ0v) is 15.1. The molecule has 0 aliphatic rings. The molecule has 4 rings (SSSR count). The minimum atomic E-state index is -4.62. The average Bonchev–Trinajstić information content (AvgIpc) is 3.22. The van der Waals surface area contributed by atoms with E-state index in [0.29, 0.717) is 0 Å². The second-order valence-electron chi connectivity index (χ2n) is 6.54. The highest BCUT2D eigenvalue weighted by molar-refractivity contribution is 5.96. The molecule has 0 fully saturated rings. The van der Waals surface area contributed by atoms with Crippen molar-refractivity contribution in [3.8, 4) is 5.69 Å². The van der Waals surface area contributed by atoms with Crippen LogP contribution in [0.3, 0.4) is 0 Å². The van der Waals surface area contributed by atoms with Crippen LogP contribution in [0.25, 0.3) is 16.5 Å². The summed E-state index contributed by atoms with van der Waals surface area (Å²) >= 11 is 0. The van der Waals surface area contributed by atoms with E-state index in [2.05, 4.69) is 10.4 Å². The van der Waals surface area contributed by atoms with Gasteiger partial charge in [-0.2, -0.15) is 18.3 Å². The lowest BCUT2D eigenvalue weighted by atomic mass is 10.0. The number of rotatable bonds is 4. The van der Waals surface area contributed by atoms with Crippen molar-refractivity contribution in [3.05, 3.63) is 90.3 Å². The van der Waals surface area contributed by atoms with Gasteiger partial charge in [0.15, 0.2) is 0 Å². The maximum atomic E-state index is 13.6. The molecule has 0 aliphatic heterocycles. The van der Waals surface area contributed by atoms with Crippen LogP contribution >= 0.6 is 0 Å². The van der Waals surface area contributed by atoms with Crippen LogP contribution in [0.5, 0.6) is 0 Å². The molecule has 1 heterocycles. The first kappa shape index (κ1) is 18.7. The SMILES string of the molecule is O=C(Cc1cccc2ccccc12)Nc1ccc(-n2cccn2)cc1C(F)(F)F. The van der Waals surface area contributed by atoms with Crippen molar-refractivity contribution in [1.82, 2.24) is 9.78 Å². The van der Waals surface area contributed by atoms with Gasteiger partial charge < -0.3 is 5.32 Å². The number of fused-ring (bicyclic) bond motifs is 1. The number of hydrogen-bond donors (Lipinski definition) is 1. The molecule has 3 aromatic carbocycles. The molecular formula is C22H16F3N3O. The van der Waals surface area contributed by atoms with Gasteiger partial charge >= 0.3 is 6.18 Å². The van der Waals surface area contributed by atoms with Crippen molar-refractivity contribution in [2.75, 3.05) is 5.32 Å². The Balaban J connectivity index is 1.62. The molecule has 4 aromatic rings. The highest BCUT2D eigenvalue weighted by atomic mass is 19.4. The molecule has 0 radical (unpaired) electrons. The highest BCUT2D eigenvalue weighted by Crippen LogP contribution is 2.36. The summed E-state index contributed by atoms with van der Waals surface area (Å²) in [5.74, 6) is -0.515. The summed E-state index contributed by atoms with van der Waals surface area (Å²) in [7, 11) is 0. The Morgan fingerprint density at radius 3 is 2.55 bits per heavy atom. The summed E-state index contributed by atoms with van der Waals surface area (Å²) in [5.41, 5.74) is -0.188. The second kappa shape index (κ2) is 7.43. The number of amides is 1. The summed E-state index contributed by atoms with van der Waals surface area (Å²) in [6, 6.07) is 18.4. The average molecular weight is 395 g/mol. The Kier molecular flexibility index (Phi) is 4.80. The monoisotopic (exact) mass is 395 g/mol. The second-order valence-corrected chi connectivity index (χ2v) is 6.54. The lowest BCUT2D eigenvalue weighted by Crippen LogP contribution is -2.18. The Morgan fingerprint density at radius 1 is 1.00 bits per heavy atom. The third-order valence-corrected chi connectivity index (χ3v) is 4.58. The first-order chi connectivity index (χ1) is 13.9. The van der Waals surface area contributed by atoms with Gasteiger partial charge in [0.25, 0.3) is 0 Å². The fraction of sp³-hybridized carbons (Fsp3) is 0.0909. The zero-order chi connectivity index (χ0) is 20.4. The van der Waals surface area contributed by atoms with Crippen molar-refractivity contribution >= 4 is 22.4 Å². The predicted molar refractivity (Wildman–Crippen MR) is 105 cm³/mol. The van der Waals surface area contributed by atoms with E-state index in [1.54, 1.807) is 18.3 Å². The van der Waals surface area contributed by atoms with Crippen molar-refractivity contribution in [1.29, 1.82) is 0 Å². The third-order valence-electron chi connectivity index (χ3n) is 4.58. The van der Waals surface area contributed by atoms with E-state index >= 15 is 0 Å². The normalized spacial score (nSPS) is 11.6. The van der Waals surface area contributed by atoms with Crippen LogP contribution in [0, 0.1) is 0 Å². The molecule has 29 heavy (non-hydrogen) atoms. The number of alkyl halides is 3. The maximum Gasteiger partial charge on any atom is 0.418 e. The van der Waals surface area contributed by atoms with E-state index in [-0.39, 0.29) is 17.8 Å². The van der Waals surface area contributed by atoms with Crippen LogP contribution in [0.4, 0.5) is 18.9 Å². The van der Waals surface area contributed by atoms with Gasteiger partial charge in [-0.1, -0.05) is 42.5 Å². The van der Waals surface area contributed by atoms with E-state index in [1.807, 2.05) is 36.4 Å². The van der Waals surface area contributed by atoms with Crippen LogP contribution in [0.15, 0.2) is 79.1 Å². The molecular weight excluding hydrogens is 379 g/mol. The minimum Gasteiger partial charge on any atom is -0.325 e. The van der Waals surface area contributed by atoms with Crippen LogP contribution < -0.4 is 5.32 Å². The van der Waals surface area contributed by atoms with Crippen LogP contribution in [0.2, 0.25) is 0 Å². The Bertz CT molecular complexity index is 1160. The summed E-state index contributed by atoms with van der Waals surface area (Å²) in [4.78, 5) is 12.5. The number of hydrogen-bond acceptors (Lipinski definition) is 2. The predicted octanol–water partition coefficient (Wildman–Crippen LogP) is 5.23. The van der Waals surface area contributed by atoms with Crippen LogP contribution in [0.1, 0.15) is 11.1 Å². The number of nitrogens with zero attached hydrogens (tertiary/aromatic N) is 2. The fourth-order valence-electron chi connectivity index (χ4n) is 3.25. The van der Waals surface area contributed by atoms with Gasteiger partial charge in [-0.05, 0) is 40.6 Å². The molecule has 1 amide bonds. The number of aromatic nitrogens is 2. The van der Waals surface area contributed by atoms with Crippen LogP contribution in [-0.4, -0.2) is 15.7 Å². The summed E-state index contributed by atoms with van der Waals surface area (Å²) < 4.78 is 42.1. The molecule has 1 aromatic heterocycles. The highest BCUT2D eigenvalue weighted by Gasteiger charge is 2.34. The van der Waals surface area contributed by atoms with E-state index in [4.69, 9.17) is 0 Å². The molecule has 0 aliphatic carbocycles. The first-order valence-electron chi connectivity index (χ1n) is 8.89. The Hall–Kier alpha value is -3.61. The van der Waals surface area contributed by atoms with E-state index in [1.165, 1.54) is 23.0 Å². The fourth-order valence-corrected chi connectivity index (χ4v) is 3.25. The van der Waals surface area contributed by atoms with Gasteiger partial charge in [0, 0.05) is 12.4 Å². The van der Waals surface area contributed by atoms with E-state index in [0.717, 1.165) is 22.4 Å². The standard InChI is InChI=1S/C22H16F3N3O/c23-22(24,25)19-14-17(28-12-4-11-26-28)9-10-20(19)27-21(29)13-16-7-3-6-15-5-1-2-8-18(15)16/h1-12,14H,13H2,(H,27,29). The molecule has 0 saturated heterocycles. The minimum absolute atomic E-state index is 0.0282. The molecule has 7 heteroatoms. The first-order valence-corrected chi connectivity index (χ1v) is 8.89. The van der Waals surface area contributed by atoms with Gasteiger partial charge in [0.05, 0.1) is 23.4 Å². The number of halogens is 3.